The lowest BCUT2D eigenvalue weighted by atomic mass is 9.95. The smallest absolute Gasteiger partial charge is 0.254 e. The molecule has 1 fully saturated rings. The van der Waals surface area contributed by atoms with E-state index >= 15 is 0 Å². The van der Waals surface area contributed by atoms with Gasteiger partial charge < -0.3 is 24.8 Å². The molecule has 3 heterocycles. The van der Waals surface area contributed by atoms with E-state index in [1.807, 2.05) is 25.1 Å². The molecule has 0 unspecified atom stereocenters. The predicted octanol–water partition coefficient (Wildman–Crippen LogP) is 3.63. The number of likely N-dealkylation sites (N-methyl/N-ethyl adjacent to an activating group) is 2. The summed E-state index contributed by atoms with van der Waals surface area (Å²) in [7, 11) is 6.05. The number of benzene rings is 1. The molecule has 2 aromatic rings. The summed E-state index contributed by atoms with van der Waals surface area (Å²) in [5.41, 5.74) is 5.05. The van der Waals surface area contributed by atoms with Gasteiger partial charge in [-0.1, -0.05) is 18.2 Å². The van der Waals surface area contributed by atoms with E-state index in [0.717, 1.165) is 87.0 Å². The minimum Gasteiger partial charge on any atom is -0.381 e. The number of anilines is 1. The van der Waals surface area contributed by atoms with Crippen LogP contribution in [0.25, 0.3) is 11.3 Å². The van der Waals surface area contributed by atoms with Crippen LogP contribution < -0.4 is 10.2 Å². The van der Waals surface area contributed by atoms with Crippen LogP contribution in [0.1, 0.15) is 48.2 Å². The molecule has 7 heteroatoms. The van der Waals surface area contributed by atoms with Crippen LogP contribution in [0.2, 0.25) is 0 Å². The summed E-state index contributed by atoms with van der Waals surface area (Å²) in [6.07, 6.45) is 2.04. The number of nitrogens with one attached hydrogen (secondary N) is 1. The zero-order valence-electron chi connectivity index (χ0n) is 22.0. The average molecular weight is 480 g/mol. The minimum atomic E-state index is 0.0998. The first kappa shape index (κ1) is 25.6. The molecule has 0 radical (unpaired) electrons. The Morgan fingerprint density at radius 3 is 2.71 bits per heavy atom. The van der Waals surface area contributed by atoms with Crippen LogP contribution in [0, 0.1) is 5.92 Å². The molecule has 2 aliphatic heterocycles. The number of hydrogen-bond donors (Lipinski definition) is 1. The number of hydrogen-bond acceptors (Lipinski definition) is 6. The summed E-state index contributed by atoms with van der Waals surface area (Å²) in [4.78, 5) is 25.2. The number of rotatable bonds is 10. The van der Waals surface area contributed by atoms with Crippen molar-refractivity contribution >= 4 is 11.7 Å². The predicted molar refractivity (Wildman–Crippen MR) is 142 cm³/mol. The van der Waals surface area contributed by atoms with Crippen LogP contribution in [-0.2, 0) is 17.8 Å². The second-order valence-electron chi connectivity index (χ2n) is 10.4. The SMILES string of the molecule is CNCCN(C)Cc1cccc(-c2cc(C(=O)N(C)CC3CCOCC3)c3c(n2)N(C(C)C)C3)c1. The normalized spacial score (nSPS) is 15.9. The maximum Gasteiger partial charge on any atom is 0.254 e. The van der Waals surface area contributed by atoms with Crippen LogP contribution in [0.5, 0.6) is 0 Å². The summed E-state index contributed by atoms with van der Waals surface area (Å²) in [5.74, 6) is 1.56. The monoisotopic (exact) mass is 479 g/mol. The zero-order valence-corrected chi connectivity index (χ0v) is 22.0. The van der Waals surface area contributed by atoms with Crippen molar-refractivity contribution < 1.29 is 9.53 Å². The van der Waals surface area contributed by atoms with Crippen LogP contribution >= 0.6 is 0 Å². The van der Waals surface area contributed by atoms with Gasteiger partial charge in [-0.15, -0.1) is 0 Å². The van der Waals surface area contributed by atoms with E-state index in [2.05, 4.69) is 60.3 Å². The van der Waals surface area contributed by atoms with Gasteiger partial charge >= 0.3 is 0 Å². The minimum absolute atomic E-state index is 0.0998. The van der Waals surface area contributed by atoms with Gasteiger partial charge in [-0.2, -0.15) is 0 Å². The highest BCUT2D eigenvalue weighted by Gasteiger charge is 2.33. The van der Waals surface area contributed by atoms with E-state index in [1.54, 1.807) is 0 Å². The second-order valence-corrected chi connectivity index (χ2v) is 10.4. The Bertz CT molecular complexity index is 1020. The number of aromatic nitrogens is 1. The largest absolute Gasteiger partial charge is 0.381 e. The highest BCUT2D eigenvalue weighted by molar-refractivity contribution is 5.99. The van der Waals surface area contributed by atoms with Gasteiger partial charge in [0.1, 0.15) is 5.82 Å². The van der Waals surface area contributed by atoms with Gasteiger partial charge in [0.2, 0.25) is 0 Å². The van der Waals surface area contributed by atoms with Gasteiger partial charge in [-0.3, -0.25) is 4.79 Å². The Kier molecular flexibility index (Phi) is 8.42. The maximum atomic E-state index is 13.6. The lowest BCUT2D eigenvalue weighted by Gasteiger charge is -2.40. The molecule has 1 saturated heterocycles. The fraction of sp³-hybridized carbons (Fsp3) is 0.571. The molecule has 0 atom stereocenters. The molecule has 1 amide bonds. The van der Waals surface area contributed by atoms with Crippen molar-refractivity contribution in [2.24, 2.45) is 5.92 Å². The Morgan fingerprint density at radius 1 is 1.23 bits per heavy atom. The molecule has 1 aromatic heterocycles. The van der Waals surface area contributed by atoms with Gasteiger partial charge in [-0.05, 0) is 64.4 Å². The van der Waals surface area contributed by atoms with Gasteiger partial charge in [0.25, 0.3) is 5.91 Å². The van der Waals surface area contributed by atoms with E-state index in [9.17, 15) is 4.79 Å². The van der Waals surface area contributed by atoms with Crippen LogP contribution in [0.15, 0.2) is 30.3 Å². The van der Waals surface area contributed by atoms with Crippen LogP contribution in [-0.4, -0.2) is 80.7 Å². The lowest BCUT2D eigenvalue weighted by molar-refractivity contribution is 0.0496. The summed E-state index contributed by atoms with van der Waals surface area (Å²) < 4.78 is 5.50. The summed E-state index contributed by atoms with van der Waals surface area (Å²) in [6, 6.07) is 10.9. The first-order chi connectivity index (χ1) is 16.9. The van der Waals surface area contributed by atoms with Crippen LogP contribution in [0.3, 0.4) is 0 Å². The molecule has 4 rings (SSSR count). The second kappa shape index (κ2) is 11.5. The van der Waals surface area contributed by atoms with Crippen molar-refractivity contribution in [2.45, 2.75) is 45.8 Å². The third-order valence-corrected chi connectivity index (χ3v) is 7.20. The molecule has 1 N–H and O–H groups in total. The summed E-state index contributed by atoms with van der Waals surface area (Å²) >= 11 is 0. The molecular formula is C28H41N5O2. The zero-order chi connectivity index (χ0) is 24.9. The highest BCUT2D eigenvalue weighted by Crippen LogP contribution is 2.38. The number of nitrogens with zero attached hydrogens (tertiary/aromatic N) is 4. The van der Waals surface area contributed by atoms with Gasteiger partial charge in [-0.25, -0.2) is 4.98 Å². The van der Waals surface area contributed by atoms with Gasteiger partial charge in [0.15, 0.2) is 0 Å². The quantitative estimate of drug-likeness (QED) is 0.562. The molecule has 0 bridgehead atoms. The number of amides is 1. The summed E-state index contributed by atoms with van der Waals surface area (Å²) in [6.45, 7) is 10.3. The third-order valence-electron chi connectivity index (χ3n) is 7.20. The van der Waals surface area contributed by atoms with E-state index < -0.39 is 0 Å². The van der Waals surface area contributed by atoms with Crippen molar-refractivity contribution in [3.05, 3.63) is 47.0 Å². The molecular weight excluding hydrogens is 438 g/mol. The lowest BCUT2D eigenvalue weighted by Crippen LogP contribution is -2.42. The number of ether oxygens (including phenoxy) is 1. The van der Waals surface area contributed by atoms with E-state index in [4.69, 9.17) is 9.72 Å². The summed E-state index contributed by atoms with van der Waals surface area (Å²) in [5, 5.41) is 3.21. The van der Waals surface area contributed by atoms with Gasteiger partial charge in [0.05, 0.1) is 11.3 Å². The molecule has 1 aromatic carbocycles. The molecule has 7 nitrogen and oxygen atoms in total. The Labute approximate surface area is 210 Å². The van der Waals surface area contributed by atoms with Crippen molar-refractivity contribution in [2.75, 3.05) is 58.9 Å². The Balaban J connectivity index is 1.60. The van der Waals surface area contributed by atoms with E-state index in [0.29, 0.717) is 12.0 Å². The van der Waals surface area contributed by atoms with E-state index in [1.165, 1.54) is 5.56 Å². The fourth-order valence-corrected chi connectivity index (χ4v) is 5.00. The van der Waals surface area contributed by atoms with Crippen molar-refractivity contribution in [3.63, 3.8) is 0 Å². The first-order valence-corrected chi connectivity index (χ1v) is 12.9. The Morgan fingerprint density at radius 2 is 2.00 bits per heavy atom. The number of pyridine rings is 1. The third kappa shape index (κ3) is 6.02. The number of carbonyl (C=O) groups excluding carboxylic acids is 1. The van der Waals surface area contributed by atoms with Gasteiger partial charge in [0, 0.05) is 70.2 Å². The topological polar surface area (TPSA) is 60.9 Å². The van der Waals surface area contributed by atoms with Crippen molar-refractivity contribution in [3.8, 4) is 11.3 Å². The Hall–Kier alpha value is -2.48. The molecule has 2 aliphatic rings. The van der Waals surface area contributed by atoms with Crippen molar-refractivity contribution in [1.29, 1.82) is 0 Å². The number of carbonyl (C=O) groups is 1. The standard InChI is InChI=1S/C28H41N5O2/c1-20(2)33-19-25-24(28(34)32(5)18-21-9-13-35-14-10-21)16-26(30-27(25)33)23-8-6-7-22(15-23)17-31(4)12-11-29-3/h6-8,15-16,20-21,29H,9-14,17-19H2,1-5H3. The molecule has 190 valence electrons. The van der Waals surface area contributed by atoms with Crippen LogP contribution in [0.4, 0.5) is 5.82 Å². The van der Waals surface area contributed by atoms with Crippen molar-refractivity contribution in [1.82, 2.24) is 20.1 Å². The molecule has 0 aliphatic carbocycles. The molecule has 35 heavy (non-hydrogen) atoms. The molecule has 0 spiro atoms. The number of fused-ring (bicyclic) bond motifs is 1. The van der Waals surface area contributed by atoms with E-state index in [-0.39, 0.29) is 5.91 Å². The first-order valence-electron chi connectivity index (χ1n) is 12.9. The fourth-order valence-electron chi connectivity index (χ4n) is 5.00. The maximum absolute atomic E-state index is 13.6. The highest BCUT2D eigenvalue weighted by atomic mass is 16.5. The molecule has 0 saturated carbocycles. The average Bonchev–Trinajstić information content (AvgIpc) is 2.83.